The standard InChI is InChI=1S/C16H22FN3O2.ClH/c17-13-1-3-15(4-2-13)22-12-16(21)20-8-5-14(11-20)19-9-6-18-7-10-19;/h1-4,14,18H,5-12H2;1H. The number of hydrogen-bond acceptors (Lipinski definition) is 4. The number of amides is 1. The zero-order chi connectivity index (χ0) is 15.4. The first-order valence-corrected chi connectivity index (χ1v) is 7.83. The molecule has 3 rings (SSSR count). The van der Waals surface area contributed by atoms with Crippen LogP contribution in [-0.4, -0.2) is 67.6 Å². The van der Waals surface area contributed by atoms with Gasteiger partial charge in [-0.25, -0.2) is 4.39 Å². The van der Waals surface area contributed by atoms with Crippen LogP contribution < -0.4 is 10.1 Å². The molecule has 1 aromatic rings. The highest BCUT2D eigenvalue weighted by Crippen LogP contribution is 2.17. The first kappa shape index (κ1) is 18.0. The van der Waals surface area contributed by atoms with Crippen molar-refractivity contribution in [1.82, 2.24) is 15.1 Å². The van der Waals surface area contributed by atoms with Crippen LogP contribution in [0.2, 0.25) is 0 Å². The van der Waals surface area contributed by atoms with Crippen LogP contribution >= 0.6 is 12.4 Å². The minimum Gasteiger partial charge on any atom is -0.484 e. The van der Waals surface area contributed by atoms with Gasteiger partial charge in [-0.15, -0.1) is 12.4 Å². The summed E-state index contributed by atoms with van der Waals surface area (Å²) in [7, 11) is 0. The van der Waals surface area contributed by atoms with Crippen molar-refractivity contribution in [2.24, 2.45) is 0 Å². The van der Waals surface area contributed by atoms with Crippen molar-refractivity contribution in [2.75, 3.05) is 45.9 Å². The van der Waals surface area contributed by atoms with Gasteiger partial charge in [0, 0.05) is 45.3 Å². The molecule has 0 radical (unpaired) electrons. The Morgan fingerprint density at radius 1 is 1.22 bits per heavy atom. The zero-order valence-electron chi connectivity index (χ0n) is 13.0. The largest absolute Gasteiger partial charge is 0.484 e. The van der Waals surface area contributed by atoms with Crippen LogP contribution in [0.1, 0.15) is 6.42 Å². The Balaban J connectivity index is 0.00000192. The summed E-state index contributed by atoms with van der Waals surface area (Å²) in [5.41, 5.74) is 0. The van der Waals surface area contributed by atoms with E-state index in [2.05, 4.69) is 10.2 Å². The Kier molecular flexibility index (Phi) is 6.62. The van der Waals surface area contributed by atoms with E-state index >= 15 is 0 Å². The van der Waals surface area contributed by atoms with Gasteiger partial charge in [0.05, 0.1) is 0 Å². The first-order valence-electron chi connectivity index (χ1n) is 7.83. The topological polar surface area (TPSA) is 44.8 Å². The van der Waals surface area contributed by atoms with E-state index in [0.717, 1.165) is 45.7 Å². The number of nitrogens with one attached hydrogen (secondary N) is 1. The zero-order valence-corrected chi connectivity index (χ0v) is 13.9. The number of rotatable bonds is 4. The van der Waals surface area contributed by atoms with E-state index in [9.17, 15) is 9.18 Å². The van der Waals surface area contributed by atoms with Crippen LogP contribution in [0.25, 0.3) is 0 Å². The van der Waals surface area contributed by atoms with Crippen LogP contribution in [0.3, 0.4) is 0 Å². The Bertz CT molecular complexity index is 509. The summed E-state index contributed by atoms with van der Waals surface area (Å²) in [4.78, 5) is 16.5. The maximum Gasteiger partial charge on any atom is 0.260 e. The Morgan fingerprint density at radius 2 is 1.91 bits per heavy atom. The molecule has 128 valence electrons. The number of carbonyl (C=O) groups is 1. The van der Waals surface area contributed by atoms with Crippen LogP contribution in [0.5, 0.6) is 5.75 Å². The second kappa shape index (κ2) is 8.47. The second-order valence-electron chi connectivity index (χ2n) is 5.81. The smallest absolute Gasteiger partial charge is 0.260 e. The molecule has 1 atom stereocenters. The third-order valence-electron chi connectivity index (χ3n) is 4.36. The van der Waals surface area contributed by atoms with Gasteiger partial charge in [0.25, 0.3) is 5.91 Å². The molecule has 23 heavy (non-hydrogen) atoms. The molecule has 1 aromatic carbocycles. The molecule has 7 heteroatoms. The predicted molar refractivity (Wildman–Crippen MR) is 88.6 cm³/mol. The average molecular weight is 344 g/mol. The Morgan fingerprint density at radius 3 is 2.61 bits per heavy atom. The van der Waals surface area contributed by atoms with Crippen molar-refractivity contribution in [3.8, 4) is 5.75 Å². The summed E-state index contributed by atoms with van der Waals surface area (Å²) in [5, 5.41) is 3.35. The molecule has 0 bridgehead atoms. The summed E-state index contributed by atoms with van der Waals surface area (Å²) in [6.07, 6.45) is 1.03. The molecule has 2 fully saturated rings. The van der Waals surface area contributed by atoms with Crippen molar-refractivity contribution in [3.63, 3.8) is 0 Å². The van der Waals surface area contributed by atoms with Crippen molar-refractivity contribution < 1.29 is 13.9 Å². The van der Waals surface area contributed by atoms with Gasteiger partial charge < -0.3 is 15.0 Å². The number of nitrogens with zero attached hydrogens (tertiary/aromatic N) is 2. The number of likely N-dealkylation sites (tertiary alicyclic amines) is 1. The van der Waals surface area contributed by atoms with E-state index in [-0.39, 0.29) is 30.7 Å². The number of ether oxygens (including phenoxy) is 1. The van der Waals surface area contributed by atoms with Gasteiger partial charge in [-0.05, 0) is 30.7 Å². The molecule has 0 spiro atoms. The fourth-order valence-electron chi connectivity index (χ4n) is 3.08. The summed E-state index contributed by atoms with van der Waals surface area (Å²) in [5.74, 6) is 0.214. The summed E-state index contributed by atoms with van der Waals surface area (Å²) < 4.78 is 18.2. The van der Waals surface area contributed by atoms with Crippen molar-refractivity contribution in [3.05, 3.63) is 30.1 Å². The molecular weight excluding hydrogens is 321 g/mol. The molecule has 2 aliphatic rings. The van der Waals surface area contributed by atoms with E-state index in [0.29, 0.717) is 11.8 Å². The summed E-state index contributed by atoms with van der Waals surface area (Å²) >= 11 is 0. The molecule has 1 unspecified atom stereocenters. The maximum atomic E-state index is 12.8. The fraction of sp³-hybridized carbons (Fsp3) is 0.562. The van der Waals surface area contributed by atoms with Crippen LogP contribution in [0.4, 0.5) is 4.39 Å². The molecule has 0 aliphatic carbocycles. The second-order valence-corrected chi connectivity index (χ2v) is 5.81. The van der Waals surface area contributed by atoms with Crippen molar-refractivity contribution in [1.29, 1.82) is 0 Å². The quantitative estimate of drug-likeness (QED) is 0.890. The highest BCUT2D eigenvalue weighted by atomic mass is 35.5. The number of piperazine rings is 1. The molecule has 5 nitrogen and oxygen atoms in total. The monoisotopic (exact) mass is 343 g/mol. The highest BCUT2D eigenvalue weighted by molar-refractivity contribution is 5.85. The number of halogens is 2. The van der Waals surface area contributed by atoms with Crippen LogP contribution in [0.15, 0.2) is 24.3 Å². The molecule has 2 aliphatic heterocycles. The SMILES string of the molecule is Cl.O=C(COc1ccc(F)cc1)N1CCC(N2CCNCC2)C1. The lowest BCUT2D eigenvalue weighted by molar-refractivity contribution is -0.132. The van der Waals surface area contributed by atoms with Crippen molar-refractivity contribution in [2.45, 2.75) is 12.5 Å². The highest BCUT2D eigenvalue weighted by Gasteiger charge is 2.30. The summed E-state index contributed by atoms with van der Waals surface area (Å²) in [6.45, 7) is 5.75. The lowest BCUT2D eigenvalue weighted by Crippen LogP contribution is -2.49. The van der Waals surface area contributed by atoms with E-state index in [1.54, 1.807) is 0 Å². The normalized spacial score (nSPS) is 21.8. The lowest BCUT2D eigenvalue weighted by Gasteiger charge is -2.32. The lowest BCUT2D eigenvalue weighted by atomic mass is 10.2. The van der Waals surface area contributed by atoms with Gasteiger partial charge in [0.1, 0.15) is 11.6 Å². The van der Waals surface area contributed by atoms with Gasteiger partial charge in [-0.3, -0.25) is 9.69 Å². The molecule has 2 heterocycles. The molecule has 2 saturated heterocycles. The van der Waals surface area contributed by atoms with E-state index in [4.69, 9.17) is 4.74 Å². The Hall–Kier alpha value is -1.37. The van der Waals surface area contributed by atoms with E-state index in [1.807, 2.05) is 4.90 Å². The van der Waals surface area contributed by atoms with Gasteiger partial charge in [0.15, 0.2) is 6.61 Å². The molecular formula is C16H23ClFN3O2. The Labute approximate surface area is 142 Å². The number of benzene rings is 1. The maximum absolute atomic E-state index is 12.8. The third kappa shape index (κ3) is 4.80. The van der Waals surface area contributed by atoms with Gasteiger partial charge in [0.2, 0.25) is 0 Å². The van der Waals surface area contributed by atoms with Crippen LogP contribution in [-0.2, 0) is 4.79 Å². The van der Waals surface area contributed by atoms with Crippen molar-refractivity contribution >= 4 is 18.3 Å². The number of hydrogen-bond donors (Lipinski definition) is 1. The number of carbonyl (C=O) groups excluding carboxylic acids is 1. The third-order valence-corrected chi connectivity index (χ3v) is 4.36. The fourth-order valence-corrected chi connectivity index (χ4v) is 3.08. The molecule has 1 N–H and O–H groups in total. The molecule has 0 aromatic heterocycles. The first-order chi connectivity index (χ1) is 10.7. The predicted octanol–water partition coefficient (Wildman–Crippen LogP) is 1.13. The minimum absolute atomic E-state index is 0. The average Bonchev–Trinajstić information content (AvgIpc) is 3.05. The van der Waals surface area contributed by atoms with Gasteiger partial charge >= 0.3 is 0 Å². The molecule has 1 amide bonds. The van der Waals surface area contributed by atoms with Gasteiger partial charge in [-0.2, -0.15) is 0 Å². The molecule has 0 saturated carbocycles. The van der Waals surface area contributed by atoms with E-state index < -0.39 is 0 Å². The van der Waals surface area contributed by atoms with Crippen LogP contribution in [0, 0.1) is 5.82 Å². The summed E-state index contributed by atoms with van der Waals surface area (Å²) in [6, 6.07) is 6.20. The van der Waals surface area contributed by atoms with Gasteiger partial charge in [-0.1, -0.05) is 0 Å². The van der Waals surface area contributed by atoms with E-state index in [1.165, 1.54) is 24.3 Å². The minimum atomic E-state index is -0.308.